The Bertz CT molecular complexity index is 1150. The van der Waals surface area contributed by atoms with Crippen molar-refractivity contribution in [3.8, 4) is 0 Å². The van der Waals surface area contributed by atoms with E-state index in [9.17, 15) is 13.8 Å². The Hall–Kier alpha value is -1.97. The largest absolute Gasteiger partial charge is 0.339 e. The van der Waals surface area contributed by atoms with Crippen molar-refractivity contribution in [2.24, 2.45) is 0 Å². The van der Waals surface area contributed by atoms with Gasteiger partial charge in [-0.25, -0.2) is 8.51 Å². The topological polar surface area (TPSA) is 73.0 Å². The molecule has 1 fully saturated rings. The monoisotopic (exact) mass is 536 g/mol. The van der Waals surface area contributed by atoms with Gasteiger partial charge in [0.25, 0.3) is 0 Å². The number of hydrogen-bond acceptors (Lipinski definition) is 4. The zero-order chi connectivity index (χ0) is 25.3. The molecule has 0 radical (unpaired) electrons. The maximum atomic E-state index is 13.8. The summed E-state index contributed by atoms with van der Waals surface area (Å²) in [5.41, 5.74) is 1.23. The van der Waals surface area contributed by atoms with E-state index in [2.05, 4.69) is 5.32 Å². The first kappa shape index (κ1) is 26.1. The lowest BCUT2D eigenvalue weighted by molar-refractivity contribution is -0.140. The number of hydrogen-bond donors (Lipinski definition) is 1. The van der Waals surface area contributed by atoms with Crippen LogP contribution in [0.25, 0.3) is 0 Å². The van der Waals surface area contributed by atoms with Crippen molar-refractivity contribution in [3.63, 3.8) is 0 Å². The molecule has 1 saturated heterocycles. The molecule has 4 rings (SSSR count). The van der Waals surface area contributed by atoms with Gasteiger partial charge in [-0.05, 0) is 43.7 Å². The number of nitrogens with one attached hydrogen (secondary N) is 1. The van der Waals surface area contributed by atoms with E-state index >= 15 is 0 Å². The van der Waals surface area contributed by atoms with E-state index in [-0.39, 0.29) is 24.4 Å². The number of amides is 2. The highest BCUT2D eigenvalue weighted by Gasteiger charge is 2.52. The van der Waals surface area contributed by atoms with Gasteiger partial charge in [0.1, 0.15) is 5.54 Å². The van der Waals surface area contributed by atoms with Gasteiger partial charge in [-0.1, -0.05) is 41.4 Å². The van der Waals surface area contributed by atoms with E-state index in [1.54, 1.807) is 29.4 Å². The Morgan fingerprint density at radius 2 is 1.80 bits per heavy atom. The first-order chi connectivity index (χ1) is 16.6. The van der Waals surface area contributed by atoms with Gasteiger partial charge in [-0.3, -0.25) is 14.5 Å². The predicted molar refractivity (Wildman–Crippen MR) is 141 cm³/mol. The summed E-state index contributed by atoms with van der Waals surface area (Å²) >= 11 is 12.5. The Balaban J connectivity index is 1.71. The molecule has 2 aliphatic rings. The second kappa shape index (κ2) is 10.6. The lowest BCUT2D eigenvalue weighted by atomic mass is 9.82. The minimum atomic E-state index is -1.11. The van der Waals surface area contributed by atoms with Crippen LogP contribution < -0.4 is 5.32 Å². The van der Waals surface area contributed by atoms with Gasteiger partial charge in [0.05, 0.1) is 17.5 Å². The molecule has 0 aliphatic carbocycles. The molecule has 188 valence electrons. The molecule has 2 atom stereocenters. The van der Waals surface area contributed by atoms with E-state index in [1.807, 2.05) is 47.3 Å². The molecule has 7 nitrogen and oxygen atoms in total. The summed E-state index contributed by atoms with van der Waals surface area (Å²) < 4.78 is 13.7. The van der Waals surface area contributed by atoms with Crippen LogP contribution in [-0.2, 0) is 32.5 Å². The fourth-order valence-corrected chi connectivity index (χ4v) is 6.09. The molecule has 2 unspecified atom stereocenters. The summed E-state index contributed by atoms with van der Waals surface area (Å²) in [6.07, 6.45) is 2.00. The summed E-state index contributed by atoms with van der Waals surface area (Å²) in [5, 5.41) is 4.12. The summed E-state index contributed by atoms with van der Waals surface area (Å²) in [6, 6.07) is 12.7. The fourth-order valence-electron chi connectivity index (χ4n) is 5.03. The van der Waals surface area contributed by atoms with Gasteiger partial charge >= 0.3 is 0 Å². The highest BCUT2D eigenvalue weighted by atomic mass is 35.5. The fraction of sp³-hybridized carbons (Fsp3) is 0.440. The molecule has 2 amide bonds. The molecule has 0 saturated carbocycles. The number of piperazine rings is 1. The SMILES string of the molecule is CC(C)N(CC(=O)N1CCN(S(C)=O)CC1)C1(Cc2cccc(Cl)c2)C(=O)Nc2cc(Cl)ccc21. The van der Waals surface area contributed by atoms with Crippen LogP contribution in [0.2, 0.25) is 10.0 Å². The molecule has 1 N–H and O–H groups in total. The van der Waals surface area contributed by atoms with Crippen molar-refractivity contribution in [1.29, 1.82) is 0 Å². The van der Waals surface area contributed by atoms with Gasteiger partial charge in [0, 0.05) is 66.2 Å². The Kier molecular flexibility index (Phi) is 7.88. The number of carbonyl (C=O) groups is 2. The zero-order valence-corrected chi connectivity index (χ0v) is 22.4. The molecular weight excluding hydrogens is 507 g/mol. The molecule has 0 spiro atoms. The van der Waals surface area contributed by atoms with Gasteiger partial charge in [0.2, 0.25) is 11.8 Å². The quantitative estimate of drug-likeness (QED) is 0.587. The van der Waals surface area contributed by atoms with Crippen LogP contribution in [0, 0.1) is 0 Å². The van der Waals surface area contributed by atoms with E-state index in [0.717, 1.165) is 11.1 Å². The number of anilines is 1. The van der Waals surface area contributed by atoms with Crippen LogP contribution >= 0.6 is 23.2 Å². The van der Waals surface area contributed by atoms with Crippen molar-refractivity contribution >= 4 is 51.7 Å². The first-order valence-corrected chi connectivity index (χ1v) is 13.9. The van der Waals surface area contributed by atoms with E-state index in [1.165, 1.54) is 0 Å². The summed E-state index contributed by atoms with van der Waals surface area (Å²) in [6.45, 7) is 6.19. The second-order valence-electron chi connectivity index (χ2n) is 9.27. The lowest BCUT2D eigenvalue weighted by Crippen LogP contribution is -2.59. The van der Waals surface area contributed by atoms with Crippen molar-refractivity contribution in [2.75, 3.05) is 44.3 Å². The number of halogens is 2. The molecule has 2 aromatic carbocycles. The summed E-state index contributed by atoms with van der Waals surface area (Å²) in [7, 11) is -1.05. The number of carbonyl (C=O) groups excluding carboxylic acids is 2. The minimum absolute atomic E-state index is 0.0547. The second-order valence-corrected chi connectivity index (χ2v) is 11.5. The average molecular weight is 538 g/mol. The third kappa shape index (κ3) is 5.27. The van der Waals surface area contributed by atoms with Crippen LogP contribution in [0.1, 0.15) is 25.0 Å². The third-order valence-electron chi connectivity index (χ3n) is 6.77. The van der Waals surface area contributed by atoms with Gasteiger partial charge in [-0.15, -0.1) is 0 Å². The third-order valence-corrected chi connectivity index (χ3v) is 8.34. The predicted octanol–water partition coefficient (Wildman–Crippen LogP) is 3.53. The number of fused-ring (bicyclic) bond motifs is 1. The van der Waals surface area contributed by atoms with Crippen molar-refractivity contribution < 1.29 is 13.8 Å². The van der Waals surface area contributed by atoms with E-state index in [0.29, 0.717) is 48.3 Å². The molecule has 2 heterocycles. The van der Waals surface area contributed by atoms with Crippen LogP contribution in [-0.4, -0.2) is 75.1 Å². The molecular formula is C25H30Cl2N4O3S. The summed E-state index contributed by atoms with van der Waals surface area (Å²) in [4.78, 5) is 31.0. The highest BCUT2D eigenvalue weighted by molar-refractivity contribution is 7.81. The minimum Gasteiger partial charge on any atom is -0.339 e. The number of rotatable bonds is 7. The lowest BCUT2D eigenvalue weighted by Gasteiger charge is -2.43. The normalized spacial score (nSPS) is 21.3. The maximum absolute atomic E-state index is 13.8. The number of nitrogens with zero attached hydrogens (tertiary/aromatic N) is 3. The van der Waals surface area contributed by atoms with Crippen LogP contribution in [0.15, 0.2) is 42.5 Å². The van der Waals surface area contributed by atoms with Crippen molar-refractivity contribution in [3.05, 3.63) is 63.6 Å². The molecule has 10 heteroatoms. The maximum Gasteiger partial charge on any atom is 0.249 e. The average Bonchev–Trinajstić information content (AvgIpc) is 3.07. The Morgan fingerprint density at radius 3 is 2.43 bits per heavy atom. The van der Waals surface area contributed by atoms with E-state index in [4.69, 9.17) is 23.2 Å². The first-order valence-electron chi connectivity index (χ1n) is 11.6. The van der Waals surface area contributed by atoms with E-state index < -0.39 is 16.5 Å². The van der Waals surface area contributed by atoms with Crippen LogP contribution in [0.5, 0.6) is 0 Å². The molecule has 0 aromatic heterocycles. The highest BCUT2D eigenvalue weighted by Crippen LogP contribution is 2.45. The molecule has 0 bridgehead atoms. The molecule has 2 aromatic rings. The Morgan fingerprint density at radius 1 is 1.11 bits per heavy atom. The standard InChI is InChI=1S/C25H30Cl2N4O3S/c1-17(2)31(16-23(32)29-9-11-30(12-10-29)35(3)34)25(15-18-5-4-6-19(26)13-18)21-8-7-20(27)14-22(21)28-24(25)33/h4-8,13-14,17H,9-12,15-16H2,1-3H3,(H,28,33). The zero-order valence-electron chi connectivity index (χ0n) is 20.1. The smallest absolute Gasteiger partial charge is 0.249 e. The summed E-state index contributed by atoms with van der Waals surface area (Å²) in [5.74, 6) is -0.247. The van der Waals surface area contributed by atoms with Crippen LogP contribution in [0.4, 0.5) is 5.69 Å². The van der Waals surface area contributed by atoms with Gasteiger partial charge in [0.15, 0.2) is 0 Å². The number of benzene rings is 2. The van der Waals surface area contributed by atoms with Crippen LogP contribution in [0.3, 0.4) is 0 Å². The Labute approximate surface area is 218 Å². The molecule has 2 aliphatic heterocycles. The molecule has 35 heavy (non-hydrogen) atoms. The van der Waals surface area contributed by atoms with Gasteiger partial charge < -0.3 is 10.2 Å². The van der Waals surface area contributed by atoms with Crippen molar-refractivity contribution in [1.82, 2.24) is 14.1 Å². The van der Waals surface area contributed by atoms with Gasteiger partial charge in [-0.2, -0.15) is 0 Å². The van der Waals surface area contributed by atoms with Crippen molar-refractivity contribution in [2.45, 2.75) is 31.8 Å².